The second-order valence-corrected chi connectivity index (χ2v) is 11.1. The molecule has 0 radical (unpaired) electrons. The van der Waals surface area contributed by atoms with Gasteiger partial charge in [-0.05, 0) is 49.7 Å². The number of hydrogen-bond donors (Lipinski definition) is 2. The Labute approximate surface area is 227 Å². The highest BCUT2D eigenvalue weighted by Gasteiger charge is 2.46. The van der Waals surface area contributed by atoms with Crippen LogP contribution in [0.2, 0.25) is 0 Å². The zero-order valence-electron chi connectivity index (χ0n) is 23.2. The molecule has 1 aromatic rings. The molecule has 3 rings (SSSR count). The molecule has 0 saturated carbocycles. The summed E-state index contributed by atoms with van der Waals surface area (Å²) in [7, 11) is 0. The Morgan fingerprint density at radius 3 is 1.50 bits per heavy atom. The summed E-state index contributed by atoms with van der Waals surface area (Å²) in [5.41, 5.74) is 0.0897. The molecule has 2 fully saturated rings. The molecular formula is C32H44N2O4. The summed E-state index contributed by atoms with van der Waals surface area (Å²) >= 11 is 0. The summed E-state index contributed by atoms with van der Waals surface area (Å²) in [6, 6.07) is 7.87. The van der Waals surface area contributed by atoms with E-state index in [-0.39, 0.29) is 36.5 Å². The van der Waals surface area contributed by atoms with E-state index in [1.165, 1.54) is 25.7 Å². The van der Waals surface area contributed by atoms with Crippen LogP contribution in [0.25, 0.3) is 0 Å². The predicted octanol–water partition coefficient (Wildman–Crippen LogP) is 5.89. The highest BCUT2D eigenvalue weighted by atomic mass is 16.2. The molecular weight excluding hydrogens is 476 g/mol. The number of hydrogen-bond acceptors (Lipinski definition) is 4. The molecule has 1 aromatic carbocycles. The number of allylic oxidation sites excluding steroid dienone is 2. The summed E-state index contributed by atoms with van der Waals surface area (Å²) in [5.74, 6) is -0.987. The Morgan fingerprint density at radius 1 is 0.684 bits per heavy atom. The van der Waals surface area contributed by atoms with Crippen LogP contribution >= 0.6 is 0 Å². The van der Waals surface area contributed by atoms with Crippen molar-refractivity contribution in [2.75, 3.05) is 0 Å². The standard InChI is InChI=1S/C32H44N2O4/c1-3-5-7-9-11-13-18-31(23-27(35)33-29(31)37)21-25-16-15-17-26(20-25)22-32(24-28(36)34-30(32)38)19-14-12-10-8-6-4-2/h13-20H,3-12,21-24H2,1-2H3,(H,33,35,37)(H,34,36,38). The lowest BCUT2D eigenvalue weighted by Crippen LogP contribution is -2.32. The van der Waals surface area contributed by atoms with Gasteiger partial charge in [0, 0.05) is 12.8 Å². The zero-order chi connectivity index (χ0) is 27.4. The van der Waals surface area contributed by atoms with Crippen molar-refractivity contribution in [1.29, 1.82) is 0 Å². The summed E-state index contributed by atoms with van der Waals surface area (Å²) < 4.78 is 0. The van der Waals surface area contributed by atoms with E-state index in [1.54, 1.807) is 0 Å². The van der Waals surface area contributed by atoms with Crippen LogP contribution in [0, 0.1) is 10.8 Å². The van der Waals surface area contributed by atoms with Crippen molar-refractivity contribution >= 4 is 23.6 Å². The fraction of sp³-hybridized carbons (Fsp3) is 0.562. The van der Waals surface area contributed by atoms with Crippen LogP contribution in [0.3, 0.4) is 0 Å². The quantitative estimate of drug-likeness (QED) is 0.161. The van der Waals surface area contributed by atoms with Gasteiger partial charge in [-0.2, -0.15) is 0 Å². The molecule has 2 saturated heterocycles. The van der Waals surface area contributed by atoms with Gasteiger partial charge in [-0.1, -0.05) is 101 Å². The van der Waals surface area contributed by atoms with Gasteiger partial charge < -0.3 is 0 Å². The average Bonchev–Trinajstić information content (AvgIpc) is 3.31. The lowest BCUT2D eigenvalue weighted by Gasteiger charge is -2.24. The molecule has 2 atom stereocenters. The maximum absolute atomic E-state index is 12.9. The Kier molecular flexibility index (Phi) is 11.1. The van der Waals surface area contributed by atoms with Gasteiger partial charge in [0.25, 0.3) is 0 Å². The number of benzene rings is 1. The molecule has 2 unspecified atom stereocenters. The summed E-state index contributed by atoms with van der Waals surface area (Å²) in [6.07, 6.45) is 20.0. The first-order valence-corrected chi connectivity index (χ1v) is 14.4. The zero-order valence-corrected chi connectivity index (χ0v) is 23.2. The van der Waals surface area contributed by atoms with Crippen molar-refractivity contribution < 1.29 is 19.2 Å². The molecule has 2 N–H and O–H groups in total. The van der Waals surface area contributed by atoms with Gasteiger partial charge in [0.1, 0.15) is 0 Å². The monoisotopic (exact) mass is 520 g/mol. The van der Waals surface area contributed by atoms with Crippen LogP contribution in [0.1, 0.15) is 102 Å². The normalized spacial score (nSPS) is 23.6. The Balaban J connectivity index is 1.75. The molecule has 6 heteroatoms. The molecule has 206 valence electrons. The van der Waals surface area contributed by atoms with Crippen molar-refractivity contribution in [2.45, 2.75) is 104 Å². The van der Waals surface area contributed by atoms with Crippen LogP contribution in [0.15, 0.2) is 48.6 Å². The number of nitrogens with one attached hydrogen (secondary N) is 2. The number of imide groups is 2. The number of rotatable bonds is 16. The summed E-state index contributed by atoms with van der Waals surface area (Å²) in [4.78, 5) is 50.1. The third-order valence-corrected chi connectivity index (χ3v) is 7.72. The Hall–Kier alpha value is -3.02. The van der Waals surface area contributed by atoms with E-state index >= 15 is 0 Å². The van der Waals surface area contributed by atoms with Crippen molar-refractivity contribution in [3.05, 3.63) is 59.7 Å². The van der Waals surface area contributed by atoms with E-state index in [0.717, 1.165) is 49.7 Å². The fourth-order valence-electron chi connectivity index (χ4n) is 5.57. The largest absolute Gasteiger partial charge is 0.296 e. The SMILES string of the molecule is CCCCCCC=CC1(Cc2cccc(CC3(C=CCCCCCC)CC(=O)NC3=O)c2)CC(=O)NC1=O. The van der Waals surface area contributed by atoms with Crippen LogP contribution < -0.4 is 10.6 Å². The van der Waals surface area contributed by atoms with Gasteiger partial charge in [0.2, 0.25) is 23.6 Å². The molecule has 2 heterocycles. The molecule has 38 heavy (non-hydrogen) atoms. The minimum absolute atomic E-state index is 0.142. The second-order valence-electron chi connectivity index (χ2n) is 11.1. The van der Waals surface area contributed by atoms with Crippen molar-refractivity contribution in [2.24, 2.45) is 10.8 Å². The van der Waals surface area contributed by atoms with Crippen molar-refractivity contribution in [3.63, 3.8) is 0 Å². The van der Waals surface area contributed by atoms with E-state index in [2.05, 4.69) is 24.5 Å². The van der Waals surface area contributed by atoms with E-state index in [1.807, 2.05) is 48.6 Å². The van der Waals surface area contributed by atoms with E-state index in [4.69, 9.17) is 0 Å². The van der Waals surface area contributed by atoms with Gasteiger partial charge in [-0.25, -0.2) is 0 Å². The topological polar surface area (TPSA) is 92.3 Å². The fourth-order valence-corrected chi connectivity index (χ4v) is 5.57. The second kappa shape index (κ2) is 14.2. The highest BCUT2D eigenvalue weighted by molar-refractivity contribution is 6.07. The molecule has 2 aliphatic rings. The number of carbonyl (C=O) groups is 4. The van der Waals surface area contributed by atoms with E-state index < -0.39 is 10.8 Å². The van der Waals surface area contributed by atoms with Crippen molar-refractivity contribution in [3.8, 4) is 0 Å². The van der Waals surface area contributed by atoms with Gasteiger partial charge in [0.15, 0.2) is 0 Å². The molecule has 2 aliphatic heterocycles. The van der Waals surface area contributed by atoms with E-state index in [0.29, 0.717) is 12.8 Å². The van der Waals surface area contributed by atoms with Crippen LogP contribution in [-0.2, 0) is 32.0 Å². The maximum Gasteiger partial charge on any atom is 0.237 e. The summed E-state index contributed by atoms with van der Waals surface area (Å²) in [5, 5.41) is 4.98. The molecule has 0 aromatic heterocycles. The summed E-state index contributed by atoms with van der Waals surface area (Å²) in [6.45, 7) is 4.36. The maximum atomic E-state index is 12.9. The first-order chi connectivity index (χ1) is 18.3. The molecule has 0 aliphatic carbocycles. The van der Waals surface area contributed by atoms with Crippen molar-refractivity contribution in [1.82, 2.24) is 10.6 Å². The van der Waals surface area contributed by atoms with Crippen LogP contribution in [0.5, 0.6) is 0 Å². The lowest BCUT2D eigenvalue weighted by molar-refractivity contribution is -0.128. The third kappa shape index (κ3) is 7.99. The lowest BCUT2D eigenvalue weighted by atomic mass is 9.77. The third-order valence-electron chi connectivity index (χ3n) is 7.72. The number of amides is 4. The smallest absolute Gasteiger partial charge is 0.237 e. The van der Waals surface area contributed by atoms with Crippen LogP contribution in [0.4, 0.5) is 0 Å². The van der Waals surface area contributed by atoms with Gasteiger partial charge in [0.05, 0.1) is 10.8 Å². The minimum Gasteiger partial charge on any atom is -0.296 e. The molecule has 0 bridgehead atoms. The predicted molar refractivity (Wildman–Crippen MR) is 150 cm³/mol. The van der Waals surface area contributed by atoms with E-state index in [9.17, 15) is 19.2 Å². The Bertz CT molecular complexity index is 980. The van der Waals surface area contributed by atoms with Gasteiger partial charge in [-0.15, -0.1) is 0 Å². The van der Waals surface area contributed by atoms with Gasteiger partial charge >= 0.3 is 0 Å². The highest BCUT2D eigenvalue weighted by Crippen LogP contribution is 2.37. The first kappa shape index (κ1) is 29.5. The Morgan fingerprint density at radius 2 is 1.13 bits per heavy atom. The van der Waals surface area contributed by atoms with Gasteiger partial charge in [-0.3, -0.25) is 29.8 Å². The number of unbranched alkanes of at least 4 members (excludes halogenated alkanes) is 8. The molecule has 0 spiro atoms. The van der Waals surface area contributed by atoms with Crippen LogP contribution in [-0.4, -0.2) is 23.6 Å². The average molecular weight is 521 g/mol. The molecule has 4 amide bonds. The minimum atomic E-state index is -0.892. The first-order valence-electron chi connectivity index (χ1n) is 14.4. The number of carbonyl (C=O) groups excluding carboxylic acids is 4. The molecule has 6 nitrogen and oxygen atoms in total.